The Kier molecular flexibility index (Phi) is 5.50. The maximum atomic E-state index is 13.5. The number of nitrogens with zero attached hydrogens (tertiary/aromatic N) is 1. The fourth-order valence-corrected chi connectivity index (χ4v) is 4.45. The van der Waals surface area contributed by atoms with Gasteiger partial charge in [-0.05, 0) is 48.0 Å². The molecule has 0 bridgehead atoms. The molecule has 1 N–H and O–H groups in total. The second-order valence-electron chi connectivity index (χ2n) is 6.60. The second kappa shape index (κ2) is 8.39. The first-order chi connectivity index (χ1) is 14.6. The minimum Gasteiger partial charge on any atom is -0.490 e. The molecular formula is C24H20N2O3S. The van der Waals surface area contributed by atoms with E-state index in [4.69, 9.17) is 4.74 Å². The molecular weight excluding hydrogens is 396 g/mol. The quantitative estimate of drug-likeness (QED) is 0.426. The Morgan fingerprint density at radius 3 is 2.37 bits per heavy atom. The van der Waals surface area contributed by atoms with Crippen molar-refractivity contribution in [3.63, 3.8) is 0 Å². The highest BCUT2D eigenvalue weighted by atomic mass is 32.2. The molecule has 0 amide bonds. The lowest BCUT2D eigenvalue weighted by molar-refractivity contribution is 0.363. The van der Waals surface area contributed by atoms with Crippen LogP contribution in [0.15, 0.2) is 96.4 Å². The molecule has 4 aromatic rings. The summed E-state index contributed by atoms with van der Waals surface area (Å²) in [6, 6.07) is 23.0. The van der Waals surface area contributed by atoms with Gasteiger partial charge in [0.2, 0.25) is 9.84 Å². The highest BCUT2D eigenvalue weighted by molar-refractivity contribution is 8.00. The summed E-state index contributed by atoms with van der Waals surface area (Å²) in [6.07, 6.45) is 3.29. The maximum absolute atomic E-state index is 13.5. The highest BCUT2D eigenvalue weighted by Gasteiger charge is 2.25. The standard InChI is InChI=1S/C24H20N2O3S/c1-2-16-29-19-14-12-18(13-15-19)17-23(30(27,28)20-8-4-3-5-9-20)24-25-21-10-6-7-11-22(21)26-24/h2-15,17H,1,16H2,(H,25,26). The third-order valence-electron chi connectivity index (χ3n) is 4.51. The number of sulfone groups is 1. The molecule has 1 heterocycles. The van der Waals surface area contributed by atoms with Crippen molar-refractivity contribution in [1.82, 2.24) is 9.97 Å². The average Bonchev–Trinajstić information content (AvgIpc) is 3.21. The summed E-state index contributed by atoms with van der Waals surface area (Å²) in [4.78, 5) is 7.97. The van der Waals surface area contributed by atoms with Crippen molar-refractivity contribution in [2.75, 3.05) is 6.61 Å². The van der Waals surface area contributed by atoms with Gasteiger partial charge < -0.3 is 9.72 Å². The zero-order valence-electron chi connectivity index (χ0n) is 16.2. The predicted molar refractivity (Wildman–Crippen MR) is 120 cm³/mol. The number of aromatic nitrogens is 2. The summed E-state index contributed by atoms with van der Waals surface area (Å²) in [5.41, 5.74) is 2.19. The van der Waals surface area contributed by atoms with E-state index in [9.17, 15) is 8.42 Å². The van der Waals surface area contributed by atoms with Crippen molar-refractivity contribution in [3.8, 4) is 5.75 Å². The first-order valence-electron chi connectivity index (χ1n) is 9.38. The van der Waals surface area contributed by atoms with E-state index in [2.05, 4.69) is 16.5 Å². The number of benzene rings is 3. The Hall–Kier alpha value is -3.64. The number of aromatic amines is 1. The Balaban J connectivity index is 1.83. The van der Waals surface area contributed by atoms with Crippen LogP contribution in [0.1, 0.15) is 11.4 Å². The van der Waals surface area contributed by atoms with E-state index in [0.717, 1.165) is 11.1 Å². The van der Waals surface area contributed by atoms with E-state index in [0.29, 0.717) is 23.7 Å². The highest BCUT2D eigenvalue weighted by Crippen LogP contribution is 2.30. The van der Waals surface area contributed by atoms with Gasteiger partial charge in [-0.25, -0.2) is 13.4 Å². The number of rotatable bonds is 7. The molecule has 1 aromatic heterocycles. The number of nitrogens with one attached hydrogen (secondary N) is 1. The van der Waals surface area contributed by atoms with Crippen LogP contribution in [0.5, 0.6) is 5.75 Å². The van der Waals surface area contributed by atoms with Crippen molar-refractivity contribution >= 4 is 31.9 Å². The van der Waals surface area contributed by atoms with E-state index < -0.39 is 9.84 Å². The molecule has 4 rings (SSSR count). The van der Waals surface area contributed by atoms with Gasteiger partial charge in [-0.2, -0.15) is 0 Å². The van der Waals surface area contributed by atoms with E-state index in [1.807, 2.05) is 36.4 Å². The Morgan fingerprint density at radius 2 is 1.67 bits per heavy atom. The zero-order chi connectivity index (χ0) is 21.0. The largest absolute Gasteiger partial charge is 0.490 e. The van der Waals surface area contributed by atoms with Gasteiger partial charge in [0, 0.05) is 0 Å². The normalized spacial score (nSPS) is 12.1. The summed E-state index contributed by atoms with van der Waals surface area (Å²) in [6.45, 7) is 4.03. The molecule has 0 aliphatic rings. The molecule has 0 spiro atoms. The number of para-hydroxylation sites is 2. The SMILES string of the molecule is C=CCOc1ccc(C=C(c2nc3ccccc3[nH]2)S(=O)(=O)c2ccccc2)cc1. The summed E-state index contributed by atoms with van der Waals surface area (Å²) in [5.74, 6) is 0.982. The van der Waals surface area contributed by atoms with Gasteiger partial charge in [-0.15, -0.1) is 0 Å². The first kappa shape index (κ1) is 19.7. The second-order valence-corrected chi connectivity index (χ2v) is 8.51. The average molecular weight is 417 g/mol. The zero-order valence-corrected chi connectivity index (χ0v) is 17.0. The Morgan fingerprint density at radius 1 is 0.967 bits per heavy atom. The Labute approximate surface area is 175 Å². The third kappa shape index (κ3) is 4.04. The smallest absolute Gasteiger partial charge is 0.210 e. The molecule has 0 saturated heterocycles. The van der Waals surface area contributed by atoms with E-state index in [1.165, 1.54) is 0 Å². The van der Waals surface area contributed by atoms with Crippen molar-refractivity contribution in [2.24, 2.45) is 0 Å². The topological polar surface area (TPSA) is 72.0 Å². The minimum absolute atomic E-state index is 0.102. The van der Waals surface area contributed by atoms with Crippen LogP contribution in [0.4, 0.5) is 0 Å². The molecule has 6 heteroatoms. The molecule has 5 nitrogen and oxygen atoms in total. The van der Waals surface area contributed by atoms with E-state index >= 15 is 0 Å². The van der Waals surface area contributed by atoms with Crippen molar-refractivity contribution in [2.45, 2.75) is 4.90 Å². The van der Waals surface area contributed by atoms with E-state index in [1.54, 1.807) is 54.6 Å². The van der Waals surface area contributed by atoms with Crippen LogP contribution < -0.4 is 4.74 Å². The molecule has 0 atom stereocenters. The van der Waals surface area contributed by atoms with Crippen LogP contribution >= 0.6 is 0 Å². The van der Waals surface area contributed by atoms with Gasteiger partial charge in [0.05, 0.1) is 15.9 Å². The number of ether oxygens (including phenoxy) is 1. The lowest BCUT2D eigenvalue weighted by Crippen LogP contribution is -2.05. The van der Waals surface area contributed by atoms with Crippen LogP contribution in [0.2, 0.25) is 0 Å². The van der Waals surface area contributed by atoms with Crippen molar-refractivity contribution in [1.29, 1.82) is 0 Å². The molecule has 0 unspecified atom stereocenters. The molecule has 0 saturated carbocycles. The van der Waals surface area contributed by atoms with Crippen molar-refractivity contribution in [3.05, 3.63) is 103 Å². The van der Waals surface area contributed by atoms with Crippen LogP contribution in [0, 0.1) is 0 Å². The lowest BCUT2D eigenvalue weighted by Gasteiger charge is -2.08. The Bertz CT molecular complexity index is 1270. The molecule has 0 radical (unpaired) electrons. The number of fused-ring (bicyclic) bond motifs is 1. The minimum atomic E-state index is -3.80. The molecule has 30 heavy (non-hydrogen) atoms. The monoisotopic (exact) mass is 416 g/mol. The van der Waals surface area contributed by atoms with Crippen molar-refractivity contribution < 1.29 is 13.2 Å². The molecule has 150 valence electrons. The summed E-state index contributed by atoms with van der Waals surface area (Å²) in [5, 5.41) is 0. The summed E-state index contributed by atoms with van der Waals surface area (Å²) < 4.78 is 32.4. The summed E-state index contributed by atoms with van der Waals surface area (Å²) >= 11 is 0. The van der Waals surface area contributed by atoms with Gasteiger partial charge in [-0.3, -0.25) is 0 Å². The maximum Gasteiger partial charge on any atom is 0.210 e. The molecule has 3 aromatic carbocycles. The van der Waals surface area contributed by atoms with Gasteiger partial charge in [0.15, 0.2) is 0 Å². The molecule has 0 fully saturated rings. The van der Waals surface area contributed by atoms with Gasteiger partial charge in [-0.1, -0.05) is 55.1 Å². The molecule has 0 aliphatic heterocycles. The van der Waals surface area contributed by atoms with Crippen LogP contribution in [0.3, 0.4) is 0 Å². The first-order valence-corrected chi connectivity index (χ1v) is 10.9. The number of H-pyrrole nitrogens is 1. The van der Waals surface area contributed by atoms with E-state index in [-0.39, 0.29) is 9.80 Å². The molecule has 0 aliphatic carbocycles. The number of hydrogen-bond acceptors (Lipinski definition) is 4. The number of hydrogen-bond donors (Lipinski definition) is 1. The van der Waals surface area contributed by atoms with Crippen LogP contribution in [-0.4, -0.2) is 25.0 Å². The lowest BCUT2D eigenvalue weighted by atomic mass is 10.2. The fourth-order valence-electron chi connectivity index (χ4n) is 3.04. The summed E-state index contributed by atoms with van der Waals surface area (Å²) in [7, 11) is -3.80. The van der Waals surface area contributed by atoms with Crippen LogP contribution in [-0.2, 0) is 9.84 Å². The predicted octanol–water partition coefficient (Wildman–Crippen LogP) is 5.10. The fraction of sp³-hybridized carbons (Fsp3) is 0.0417. The van der Waals surface area contributed by atoms with Crippen LogP contribution in [0.25, 0.3) is 22.0 Å². The number of imidazole rings is 1. The van der Waals surface area contributed by atoms with Gasteiger partial charge in [0.1, 0.15) is 23.1 Å². The third-order valence-corrected chi connectivity index (χ3v) is 6.29. The van der Waals surface area contributed by atoms with Gasteiger partial charge in [0.25, 0.3) is 0 Å². The van der Waals surface area contributed by atoms with Gasteiger partial charge >= 0.3 is 0 Å².